The van der Waals surface area contributed by atoms with Gasteiger partial charge in [-0.05, 0) is 19.1 Å². The van der Waals surface area contributed by atoms with Crippen LogP contribution in [0, 0.1) is 0 Å². The molecule has 0 bridgehead atoms. The molecule has 3 rings (SSSR count). The zero-order valence-electron chi connectivity index (χ0n) is 9.49. The maximum atomic E-state index is 11.9. The Kier molecular flexibility index (Phi) is 2.24. The molecule has 2 N–H and O–H groups in total. The molecule has 2 aromatic rings. The van der Waals surface area contributed by atoms with Crippen molar-refractivity contribution in [1.29, 1.82) is 0 Å². The van der Waals surface area contributed by atoms with Crippen molar-refractivity contribution in [2.45, 2.75) is 12.6 Å². The van der Waals surface area contributed by atoms with E-state index in [1.165, 1.54) is 0 Å². The Morgan fingerprint density at radius 1 is 1.41 bits per heavy atom. The molecule has 1 aliphatic rings. The first kappa shape index (κ1) is 10.4. The highest BCUT2D eigenvalue weighted by atomic mass is 16.5. The summed E-state index contributed by atoms with van der Waals surface area (Å²) in [6.07, 6.45) is 0. The maximum Gasteiger partial charge on any atom is 0.258 e. The summed E-state index contributed by atoms with van der Waals surface area (Å²) < 4.78 is 5.59. The Balaban J connectivity index is 2.22. The van der Waals surface area contributed by atoms with Gasteiger partial charge in [0.25, 0.3) is 5.56 Å². The number of nitrogens with zero attached hydrogens (tertiary/aromatic N) is 1. The first-order valence-corrected chi connectivity index (χ1v) is 5.58. The number of rotatable bonds is 1. The lowest BCUT2D eigenvalue weighted by atomic mass is 10.2. The van der Waals surface area contributed by atoms with E-state index in [4.69, 9.17) is 4.74 Å². The zero-order chi connectivity index (χ0) is 11.9. The largest absolute Gasteiger partial charge is 0.352 e. The van der Waals surface area contributed by atoms with Gasteiger partial charge in [0.1, 0.15) is 0 Å². The predicted molar refractivity (Wildman–Crippen MR) is 63.7 cm³/mol. The van der Waals surface area contributed by atoms with E-state index in [2.05, 4.69) is 15.3 Å². The van der Waals surface area contributed by atoms with E-state index >= 15 is 0 Å². The molecule has 1 aliphatic heterocycles. The minimum absolute atomic E-state index is 0.135. The van der Waals surface area contributed by atoms with Crippen LogP contribution in [-0.2, 0) is 10.5 Å². The van der Waals surface area contributed by atoms with Crippen LogP contribution in [0.1, 0.15) is 12.7 Å². The van der Waals surface area contributed by atoms with Crippen LogP contribution in [0.25, 0.3) is 10.9 Å². The maximum absolute atomic E-state index is 11.9. The molecule has 0 amide bonds. The van der Waals surface area contributed by atoms with Crippen LogP contribution in [-0.4, -0.2) is 23.1 Å². The molecule has 1 aromatic carbocycles. The van der Waals surface area contributed by atoms with Crippen LogP contribution in [0.4, 0.5) is 0 Å². The van der Waals surface area contributed by atoms with Crippen molar-refractivity contribution in [1.82, 2.24) is 15.3 Å². The summed E-state index contributed by atoms with van der Waals surface area (Å²) in [5, 5.41) is 3.78. The fraction of sp³-hybridized carbons (Fsp3) is 0.333. The summed E-state index contributed by atoms with van der Waals surface area (Å²) in [7, 11) is 0. The molecule has 1 saturated heterocycles. The Bertz CT molecular complexity index is 614. The van der Waals surface area contributed by atoms with Gasteiger partial charge in [0.15, 0.2) is 11.5 Å². The Labute approximate surface area is 97.8 Å². The Morgan fingerprint density at radius 3 is 3.00 bits per heavy atom. The molecule has 0 radical (unpaired) electrons. The molecule has 88 valence electrons. The summed E-state index contributed by atoms with van der Waals surface area (Å²) >= 11 is 0. The number of hydrogen-bond acceptors (Lipinski definition) is 4. The molecule has 5 heteroatoms. The third kappa shape index (κ3) is 1.64. The second kappa shape index (κ2) is 3.65. The monoisotopic (exact) mass is 231 g/mol. The highest BCUT2D eigenvalue weighted by molar-refractivity contribution is 5.77. The molecule has 2 heterocycles. The minimum Gasteiger partial charge on any atom is -0.352 e. The van der Waals surface area contributed by atoms with Gasteiger partial charge in [-0.25, -0.2) is 4.98 Å². The molecule has 1 unspecified atom stereocenters. The summed E-state index contributed by atoms with van der Waals surface area (Å²) in [4.78, 5) is 19.1. The molecule has 5 nitrogen and oxygen atoms in total. The van der Waals surface area contributed by atoms with Gasteiger partial charge in [0, 0.05) is 6.54 Å². The smallest absolute Gasteiger partial charge is 0.258 e. The molecular weight excluding hydrogens is 218 g/mol. The number of H-pyrrole nitrogens is 1. The first-order chi connectivity index (χ1) is 8.19. The second-order valence-electron chi connectivity index (χ2n) is 4.24. The highest BCUT2D eigenvalue weighted by Crippen LogP contribution is 2.22. The standard InChI is InChI=1S/C12H13N3O2/c1-12(13-6-7-17-12)11-14-9-5-3-2-4-8(9)10(16)15-11/h2-5,13H,6-7H2,1H3,(H,14,15,16). The minimum atomic E-state index is -0.691. The van der Waals surface area contributed by atoms with Crippen LogP contribution in [0.5, 0.6) is 0 Å². The van der Waals surface area contributed by atoms with Crippen molar-refractivity contribution in [3.63, 3.8) is 0 Å². The molecule has 1 fully saturated rings. The summed E-state index contributed by atoms with van der Waals surface area (Å²) in [6, 6.07) is 7.28. The van der Waals surface area contributed by atoms with Gasteiger partial charge in [-0.3, -0.25) is 10.1 Å². The average molecular weight is 231 g/mol. The number of ether oxygens (including phenoxy) is 1. The molecule has 0 spiro atoms. The number of aromatic amines is 1. The van der Waals surface area contributed by atoms with Crippen LogP contribution < -0.4 is 10.9 Å². The molecule has 0 aliphatic carbocycles. The zero-order valence-corrected chi connectivity index (χ0v) is 9.49. The molecule has 17 heavy (non-hydrogen) atoms. The first-order valence-electron chi connectivity index (χ1n) is 5.58. The van der Waals surface area contributed by atoms with Crippen molar-refractivity contribution < 1.29 is 4.74 Å². The number of hydrogen-bond donors (Lipinski definition) is 2. The van der Waals surface area contributed by atoms with Gasteiger partial charge in [0.05, 0.1) is 17.5 Å². The fourth-order valence-electron chi connectivity index (χ4n) is 2.06. The number of fused-ring (bicyclic) bond motifs is 1. The summed E-state index contributed by atoms with van der Waals surface area (Å²) in [5.41, 5.74) is -0.141. The van der Waals surface area contributed by atoms with Gasteiger partial charge in [-0.1, -0.05) is 12.1 Å². The van der Waals surface area contributed by atoms with E-state index in [0.717, 1.165) is 6.54 Å². The van der Waals surface area contributed by atoms with E-state index < -0.39 is 5.72 Å². The lowest BCUT2D eigenvalue weighted by Gasteiger charge is -2.22. The molecule has 0 saturated carbocycles. The molecule has 1 atom stereocenters. The van der Waals surface area contributed by atoms with Crippen molar-refractivity contribution in [3.05, 3.63) is 40.4 Å². The SMILES string of the molecule is CC1(c2nc3ccccc3c(=O)[nH]2)NCCO1. The normalized spacial score (nSPS) is 24.3. The third-order valence-electron chi connectivity index (χ3n) is 3.02. The van der Waals surface area contributed by atoms with Gasteiger partial charge in [-0.2, -0.15) is 0 Å². The van der Waals surface area contributed by atoms with E-state index in [9.17, 15) is 4.79 Å². The number of para-hydroxylation sites is 1. The summed E-state index contributed by atoms with van der Waals surface area (Å²) in [6.45, 7) is 3.24. The van der Waals surface area contributed by atoms with Crippen molar-refractivity contribution in [3.8, 4) is 0 Å². The van der Waals surface area contributed by atoms with Crippen LogP contribution >= 0.6 is 0 Å². The van der Waals surface area contributed by atoms with Crippen molar-refractivity contribution in [2.24, 2.45) is 0 Å². The van der Waals surface area contributed by atoms with Gasteiger partial charge in [-0.15, -0.1) is 0 Å². The number of aromatic nitrogens is 2. The van der Waals surface area contributed by atoms with Gasteiger partial charge >= 0.3 is 0 Å². The topological polar surface area (TPSA) is 67.0 Å². The van der Waals surface area contributed by atoms with E-state index in [-0.39, 0.29) is 5.56 Å². The van der Waals surface area contributed by atoms with E-state index in [0.29, 0.717) is 23.3 Å². The van der Waals surface area contributed by atoms with Crippen LogP contribution in [0.2, 0.25) is 0 Å². The quantitative estimate of drug-likeness (QED) is 0.758. The van der Waals surface area contributed by atoms with Crippen molar-refractivity contribution >= 4 is 10.9 Å². The fourth-order valence-corrected chi connectivity index (χ4v) is 2.06. The average Bonchev–Trinajstić information content (AvgIpc) is 2.78. The third-order valence-corrected chi connectivity index (χ3v) is 3.02. The van der Waals surface area contributed by atoms with Crippen LogP contribution in [0.15, 0.2) is 29.1 Å². The lowest BCUT2D eigenvalue weighted by Crippen LogP contribution is -2.38. The Hall–Kier alpha value is -1.72. The Morgan fingerprint density at radius 2 is 2.24 bits per heavy atom. The van der Waals surface area contributed by atoms with Crippen LogP contribution in [0.3, 0.4) is 0 Å². The lowest BCUT2D eigenvalue weighted by molar-refractivity contribution is -0.00502. The van der Waals surface area contributed by atoms with Gasteiger partial charge < -0.3 is 9.72 Å². The number of benzene rings is 1. The highest BCUT2D eigenvalue weighted by Gasteiger charge is 2.34. The van der Waals surface area contributed by atoms with E-state index in [1.54, 1.807) is 6.07 Å². The number of nitrogens with one attached hydrogen (secondary N) is 2. The predicted octanol–water partition coefficient (Wildman–Crippen LogP) is 0.716. The summed E-state index contributed by atoms with van der Waals surface area (Å²) in [5.74, 6) is 0.527. The molecule has 1 aromatic heterocycles. The second-order valence-corrected chi connectivity index (χ2v) is 4.24. The molecular formula is C12H13N3O2. The van der Waals surface area contributed by atoms with E-state index in [1.807, 2.05) is 25.1 Å². The van der Waals surface area contributed by atoms with Crippen molar-refractivity contribution in [2.75, 3.05) is 13.2 Å². The van der Waals surface area contributed by atoms with Gasteiger partial charge in [0.2, 0.25) is 0 Å².